The zero-order chi connectivity index (χ0) is 26.8. The maximum Gasteiger partial charge on any atom is 0.411 e. The van der Waals surface area contributed by atoms with Gasteiger partial charge in [0.05, 0.1) is 17.2 Å². The Labute approximate surface area is 232 Å². The van der Waals surface area contributed by atoms with Crippen LogP contribution in [0.1, 0.15) is 23.1 Å². The Morgan fingerprint density at radius 3 is 1.95 bits per heavy atom. The van der Waals surface area contributed by atoms with Crippen molar-refractivity contribution in [2.75, 3.05) is 20.3 Å². The highest BCUT2D eigenvalue weighted by Crippen LogP contribution is 2.52. The van der Waals surface area contributed by atoms with Crippen LogP contribution in [0.4, 0.5) is 4.79 Å². The van der Waals surface area contributed by atoms with Crippen molar-refractivity contribution in [1.82, 2.24) is 4.90 Å². The van der Waals surface area contributed by atoms with Crippen LogP contribution >= 0.6 is 23.5 Å². The average Bonchev–Trinajstić information content (AvgIpc) is 3.38. The average molecular weight is 546 g/mol. The van der Waals surface area contributed by atoms with Crippen molar-refractivity contribution in [3.63, 3.8) is 0 Å². The molecule has 7 heteroatoms. The summed E-state index contributed by atoms with van der Waals surface area (Å²) in [7, 11) is 1.34. The Morgan fingerprint density at radius 2 is 1.47 bits per heavy atom. The predicted octanol–water partition coefficient (Wildman–Crippen LogP) is 6.85. The zero-order valence-electron chi connectivity index (χ0n) is 21.3. The van der Waals surface area contributed by atoms with Gasteiger partial charge in [-0.2, -0.15) is 0 Å². The molecule has 1 aliphatic rings. The Kier molecular flexibility index (Phi) is 9.73. The summed E-state index contributed by atoms with van der Waals surface area (Å²) in [6.07, 6.45) is 3.27. The van der Waals surface area contributed by atoms with Crippen molar-refractivity contribution in [3.8, 4) is 0 Å². The topological polar surface area (TPSA) is 55.8 Å². The Balaban J connectivity index is 1.73. The third kappa shape index (κ3) is 6.34. The third-order valence-electron chi connectivity index (χ3n) is 6.30. The molecule has 1 amide bonds. The van der Waals surface area contributed by atoms with E-state index in [1.807, 2.05) is 30.0 Å². The molecule has 1 saturated heterocycles. The van der Waals surface area contributed by atoms with E-state index in [1.54, 1.807) is 16.4 Å². The van der Waals surface area contributed by atoms with Crippen LogP contribution in [0.25, 0.3) is 0 Å². The van der Waals surface area contributed by atoms with Crippen molar-refractivity contribution in [3.05, 3.63) is 132 Å². The summed E-state index contributed by atoms with van der Waals surface area (Å²) in [5.74, 6) is -0.432. The van der Waals surface area contributed by atoms with Crippen molar-refractivity contribution in [2.45, 2.75) is 21.8 Å². The van der Waals surface area contributed by atoms with Gasteiger partial charge in [-0.1, -0.05) is 104 Å². The molecule has 1 aliphatic heterocycles. The molecule has 1 heterocycles. The van der Waals surface area contributed by atoms with Crippen molar-refractivity contribution >= 4 is 35.6 Å². The first-order chi connectivity index (χ1) is 18.6. The van der Waals surface area contributed by atoms with Gasteiger partial charge in [0.2, 0.25) is 0 Å². The SMILES string of the molecule is C=CCOC(=O)N1C[C@@H](SC(c2ccccc2)(c2ccccc2)c2ccccc2)C[C@@H]1S/C=C\C(=O)OC. The lowest BCUT2D eigenvalue weighted by molar-refractivity contribution is -0.134. The molecule has 0 aliphatic carbocycles. The molecular weight excluding hydrogens is 514 g/mol. The number of likely N-dealkylation sites (tertiary alicyclic amines) is 1. The summed E-state index contributed by atoms with van der Waals surface area (Å²) in [6.45, 7) is 4.31. The highest BCUT2D eigenvalue weighted by Gasteiger charge is 2.44. The van der Waals surface area contributed by atoms with Gasteiger partial charge in [-0.3, -0.25) is 4.90 Å². The molecule has 5 nitrogen and oxygen atoms in total. The van der Waals surface area contributed by atoms with Crippen molar-refractivity contribution in [1.29, 1.82) is 0 Å². The van der Waals surface area contributed by atoms with E-state index in [-0.39, 0.29) is 23.3 Å². The molecule has 38 heavy (non-hydrogen) atoms. The fourth-order valence-corrected chi connectivity index (χ4v) is 7.60. The molecule has 0 N–H and O–H groups in total. The van der Waals surface area contributed by atoms with Crippen LogP contribution < -0.4 is 0 Å². The van der Waals surface area contributed by atoms with Crippen LogP contribution in [0.5, 0.6) is 0 Å². The number of carbonyl (C=O) groups excluding carboxylic acids is 2. The lowest BCUT2D eigenvalue weighted by atomic mass is 9.84. The van der Waals surface area contributed by atoms with Gasteiger partial charge in [-0.15, -0.1) is 23.5 Å². The number of amides is 1. The lowest BCUT2D eigenvalue weighted by Gasteiger charge is -2.37. The third-order valence-corrected chi connectivity index (χ3v) is 9.09. The van der Waals surface area contributed by atoms with Gasteiger partial charge in [-0.05, 0) is 28.5 Å². The van der Waals surface area contributed by atoms with Crippen LogP contribution in [0, 0.1) is 0 Å². The van der Waals surface area contributed by atoms with Gasteiger partial charge < -0.3 is 9.47 Å². The minimum Gasteiger partial charge on any atom is -0.466 e. The van der Waals surface area contributed by atoms with Gasteiger partial charge in [0, 0.05) is 17.9 Å². The maximum absolute atomic E-state index is 13.0. The fraction of sp³-hybridized carbons (Fsp3) is 0.226. The quantitative estimate of drug-likeness (QED) is 0.120. The molecule has 3 aromatic rings. The molecule has 4 rings (SSSR count). The first-order valence-corrected chi connectivity index (χ1v) is 14.2. The molecule has 0 aromatic heterocycles. The van der Waals surface area contributed by atoms with E-state index in [2.05, 4.69) is 79.4 Å². The number of nitrogens with zero attached hydrogens (tertiary/aromatic N) is 1. The number of benzene rings is 3. The largest absolute Gasteiger partial charge is 0.466 e. The molecule has 0 spiro atoms. The number of thioether (sulfide) groups is 2. The summed E-state index contributed by atoms with van der Waals surface area (Å²) in [6, 6.07) is 31.5. The summed E-state index contributed by atoms with van der Waals surface area (Å²) in [4.78, 5) is 26.4. The van der Waals surface area contributed by atoms with Crippen LogP contribution in [0.15, 0.2) is 115 Å². The van der Waals surface area contributed by atoms with Gasteiger partial charge in [0.1, 0.15) is 6.61 Å². The van der Waals surface area contributed by atoms with E-state index >= 15 is 0 Å². The predicted molar refractivity (Wildman–Crippen MR) is 156 cm³/mol. The number of rotatable bonds is 10. The summed E-state index contributed by atoms with van der Waals surface area (Å²) >= 11 is 3.27. The van der Waals surface area contributed by atoms with E-state index < -0.39 is 10.7 Å². The van der Waals surface area contributed by atoms with Crippen molar-refractivity contribution < 1.29 is 19.1 Å². The molecule has 196 valence electrons. The molecule has 0 saturated carbocycles. The monoisotopic (exact) mass is 545 g/mol. The maximum atomic E-state index is 13.0. The van der Waals surface area contributed by atoms with E-state index in [4.69, 9.17) is 9.47 Å². The second-order valence-corrected chi connectivity index (χ2v) is 11.3. The minimum absolute atomic E-state index is 0.0935. The first kappa shape index (κ1) is 27.6. The number of ether oxygens (including phenoxy) is 2. The second kappa shape index (κ2) is 13.4. The highest BCUT2D eigenvalue weighted by atomic mass is 32.2. The standard InChI is InChI=1S/C31H31NO4S2/c1-3-20-36-30(34)32-23-27(22-28(32)37-21-19-29(33)35-2)38-31(24-13-7-4-8-14-24,25-15-9-5-10-16-25)26-17-11-6-12-18-26/h3-19,21,27-28H,1,20,22-23H2,2H3/b21-19-/t27-,28-/m0/s1. The fourth-order valence-electron chi connectivity index (χ4n) is 4.61. The van der Waals surface area contributed by atoms with Crippen LogP contribution in [-0.2, 0) is 19.0 Å². The van der Waals surface area contributed by atoms with Gasteiger partial charge in [-0.25, -0.2) is 9.59 Å². The van der Waals surface area contributed by atoms with E-state index in [1.165, 1.54) is 41.6 Å². The Bertz CT molecular complexity index is 1140. The van der Waals surface area contributed by atoms with Crippen LogP contribution in [-0.4, -0.2) is 47.8 Å². The zero-order valence-corrected chi connectivity index (χ0v) is 22.9. The van der Waals surface area contributed by atoms with Crippen molar-refractivity contribution in [2.24, 2.45) is 0 Å². The molecule has 0 bridgehead atoms. The summed E-state index contributed by atoms with van der Waals surface area (Å²) in [5, 5.41) is 1.59. The molecule has 1 fully saturated rings. The van der Waals surface area contributed by atoms with E-state index in [0.29, 0.717) is 6.54 Å². The number of hydrogen-bond donors (Lipinski definition) is 0. The number of esters is 1. The second-order valence-electron chi connectivity index (χ2n) is 8.69. The summed E-state index contributed by atoms with van der Waals surface area (Å²) < 4.78 is 9.64. The van der Waals surface area contributed by atoms with Gasteiger partial charge >= 0.3 is 12.1 Å². The molecule has 3 aromatic carbocycles. The molecular formula is C31H31NO4S2. The highest BCUT2D eigenvalue weighted by molar-refractivity contribution is 8.03. The number of methoxy groups -OCH3 is 1. The van der Waals surface area contributed by atoms with Crippen LogP contribution in [0.3, 0.4) is 0 Å². The number of hydrogen-bond acceptors (Lipinski definition) is 6. The lowest BCUT2D eigenvalue weighted by Crippen LogP contribution is -2.35. The Morgan fingerprint density at radius 1 is 0.947 bits per heavy atom. The van der Waals surface area contributed by atoms with E-state index in [0.717, 1.165) is 6.42 Å². The molecule has 2 atom stereocenters. The molecule has 0 unspecified atom stereocenters. The number of carbonyl (C=O) groups is 2. The normalized spacial score (nSPS) is 17.3. The van der Waals surface area contributed by atoms with Gasteiger partial charge in [0.25, 0.3) is 0 Å². The smallest absolute Gasteiger partial charge is 0.411 e. The van der Waals surface area contributed by atoms with E-state index in [9.17, 15) is 9.59 Å². The molecule has 0 radical (unpaired) electrons. The summed E-state index contributed by atoms with van der Waals surface area (Å²) in [5.41, 5.74) is 3.51. The van der Waals surface area contributed by atoms with Gasteiger partial charge in [0.15, 0.2) is 0 Å². The Hall–Kier alpha value is -3.42. The van der Waals surface area contributed by atoms with Crippen LogP contribution in [0.2, 0.25) is 0 Å². The minimum atomic E-state index is -0.494. The first-order valence-electron chi connectivity index (χ1n) is 12.4.